The van der Waals surface area contributed by atoms with Crippen molar-refractivity contribution in [2.45, 2.75) is 19.8 Å². The Balaban J connectivity index is 1.93. The van der Waals surface area contributed by atoms with Crippen LogP contribution in [0.2, 0.25) is 0 Å². The molecule has 1 amide bonds. The Kier molecular flexibility index (Phi) is 3.51. The maximum absolute atomic E-state index is 11.9. The van der Waals surface area contributed by atoms with Gasteiger partial charge in [0.2, 0.25) is 5.91 Å². The SMILES string of the molecule is Cc1ccc(NC(=O)C2CCCNC2)cn1. The van der Waals surface area contributed by atoms with Crippen molar-refractivity contribution in [2.24, 2.45) is 5.92 Å². The predicted molar refractivity (Wildman–Crippen MR) is 63.2 cm³/mol. The summed E-state index contributed by atoms with van der Waals surface area (Å²) in [6, 6.07) is 3.78. The number of hydrogen-bond donors (Lipinski definition) is 2. The van der Waals surface area contributed by atoms with Gasteiger partial charge in [-0.25, -0.2) is 0 Å². The predicted octanol–water partition coefficient (Wildman–Crippen LogP) is 1.33. The fraction of sp³-hybridized carbons (Fsp3) is 0.500. The lowest BCUT2D eigenvalue weighted by Crippen LogP contribution is -2.37. The van der Waals surface area contributed by atoms with E-state index in [1.165, 1.54) is 0 Å². The molecule has 2 N–H and O–H groups in total. The summed E-state index contributed by atoms with van der Waals surface area (Å²) in [5, 5.41) is 6.13. The van der Waals surface area contributed by atoms with Crippen molar-refractivity contribution in [1.82, 2.24) is 10.3 Å². The fourth-order valence-electron chi connectivity index (χ4n) is 1.86. The summed E-state index contributed by atoms with van der Waals surface area (Å²) < 4.78 is 0. The molecule has 1 aliphatic heterocycles. The minimum atomic E-state index is 0.0926. The molecule has 1 fully saturated rings. The molecule has 1 unspecified atom stereocenters. The van der Waals surface area contributed by atoms with Crippen molar-refractivity contribution in [1.29, 1.82) is 0 Å². The van der Waals surface area contributed by atoms with Crippen LogP contribution in [0.1, 0.15) is 18.5 Å². The second kappa shape index (κ2) is 5.07. The van der Waals surface area contributed by atoms with E-state index in [0.717, 1.165) is 37.3 Å². The zero-order valence-electron chi connectivity index (χ0n) is 9.49. The summed E-state index contributed by atoms with van der Waals surface area (Å²) in [6.07, 6.45) is 3.74. The third kappa shape index (κ3) is 2.79. The van der Waals surface area contributed by atoms with Crippen LogP contribution in [-0.4, -0.2) is 24.0 Å². The maximum Gasteiger partial charge on any atom is 0.228 e. The van der Waals surface area contributed by atoms with Gasteiger partial charge in [-0.15, -0.1) is 0 Å². The molecule has 1 saturated heterocycles. The molecule has 1 aliphatic rings. The van der Waals surface area contributed by atoms with E-state index in [9.17, 15) is 4.79 Å². The topological polar surface area (TPSA) is 54.0 Å². The van der Waals surface area contributed by atoms with Gasteiger partial charge < -0.3 is 10.6 Å². The normalized spacial score (nSPS) is 20.4. The van der Waals surface area contributed by atoms with Crippen molar-refractivity contribution in [3.8, 4) is 0 Å². The van der Waals surface area contributed by atoms with E-state index in [2.05, 4.69) is 15.6 Å². The minimum absolute atomic E-state index is 0.0926. The Hall–Kier alpha value is -1.42. The number of amides is 1. The Labute approximate surface area is 95.5 Å². The standard InChI is InChI=1S/C12H17N3O/c1-9-4-5-11(8-14-9)15-12(16)10-3-2-6-13-7-10/h4-5,8,10,13H,2-3,6-7H2,1H3,(H,15,16). The number of pyridine rings is 1. The molecule has 1 aromatic heterocycles. The first-order chi connectivity index (χ1) is 7.75. The molecule has 86 valence electrons. The highest BCUT2D eigenvalue weighted by Gasteiger charge is 2.20. The first-order valence-corrected chi connectivity index (χ1v) is 5.70. The van der Waals surface area contributed by atoms with Gasteiger partial charge >= 0.3 is 0 Å². The lowest BCUT2D eigenvalue weighted by molar-refractivity contribution is -0.120. The molecule has 0 radical (unpaired) electrons. The molecule has 0 saturated carbocycles. The van der Waals surface area contributed by atoms with Crippen LogP contribution in [0.15, 0.2) is 18.3 Å². The van der Waals surface area contributed by atoms with E-state index < -0.39 is 0 Å². The summed E-state index contributed by atoms with van der Waals surface area (Å²) in [7, 11) is 0. The van der Waals surface area contributed by atoms with E-state index in [1.807, 2.05) is 19.1 Å². The van der Waals surface area contributed by atoms with Gasteiger partial charge in [0.05, 0.1) is 17.8 Å². The summed E-state index contributed by atoms with van der Waals surface area (Å²) >= 11 is 0. The summed E-state index contributed by atoms with van der Waals surface area (Å²) in [5.74, 6) is 0.188. The van der Waals surface area contributed by atoms with Gasteiger partial charge in [0.1, 0.15) is 0 Å². The van der Waals surface area contributed by atoms with Crippen molar-refractivity contribution < 1.29 is 4.79 Å². The van der Waals surface area contributed by atoms with Gasteiger partial charge in [0.25, 0.3) is 0 Å². The molecule has 0 aliphatic carbocycles. The molecule has 0 spiro atoms. The van der Waals surface area contributed by atoms with Gasteiger partial charge in [-0.05, 0) is 38.4 Å². The third-order valence-electron chi connectivity index (χ3n) is 2.85. The third-order valence-corrected chi connectivity index (χ3v) is 2.85. The van der Waals surface area contributed by atoms with E-state index in [4.69, 9.17) is 0 Å². The number of aromatic nitrogens is 1. The Morgan fingerprint density at radius 2 is 2.44 bits per heavy atom. The molecule has 1 atom stereocenters. The van der Waals surface area contributed by atoms with Gasteiger partial charge in [-0.3, -0.25) is 9.78 Å². The first-order valence-electron chi connectivity index (χ1n) is 5.70. The van der Waals surface area contributed by atoms with Gasteiger partial charge in [-0.2, -0.15) is 0 Å². The first kappa shape index (κ1) is 11.1. The van der Waals surface area contributed by atoms with Crippen LogP contribution in [0.5, 0.6) is 0 Å². The number of hydrogen-bond acceptors (Lipinski definition) is 3. The fourth-order valence-corrected chi connectivity index (χ4v) is 1.86. The van der Waals surface area contributed by atoms with Gasteiger partial charge in [0, 0.05) is 12.2 Å². The van der Waals surface area contributed by atoms with Gasteiger partial charge in [0.15, 0.2) is 0 Å². The molecular weight excluding hydrogens is 202 g/mol. The molecule has 4 nitrogen and oxygen atoms in total. The number of aryl methyl sites for hydroxylation is 1. The highest BCUT2D eigenvalue weighted by atomic mass is 16.1. The lowest BCUT2D eigenvalue weighted by Gasteiger charge is -2.21. The highest BCUT2D eigenvalue weighted by Crippen LogP contribution is 2.13. The van der Waals surface area contributed by atoms with Crippen LogP contribution in [-0.2, 0) is 4.79 Å². The summed E-state index contributed by atoms with van der Waals surface area (Å²) in [4.78, 5) is 16.0. The second-order valence-electron chi connectivity index (χ2n) is 4.22. The Morgan fingerprint density at radius 1 is 1.56 bits per heavy atom. The largest absolute Gasteiger partial charge is 0.324 e. The number of rotatable bonds is 2. The molecule has 16 heavy (non-hydrogen) atoms. The van der Waals surface area contributed by atoms with E-state index in [0.29, 0.717) is 0 Å². The molecule has 2 heterocycles. The quantitative estimate of drug-likeness (QED) is 0.789. The van der Waals surface area contributed by atoms with Crippen molar-refractivity contribution in [2.75, 3.05) is 18.4 Å². The van der Waals surface area contributed by atoms with Crippen LogP contribution in [0, 0.1) is 12.8 Å². The van der Waals surface area contributed by atoms with Crippen LogP contribution in [0.25, 0.3) is 0 Å². The zero-order valence-corrected chi connectivity index (χ0v) is 9.49. The van der Waals surface area contributed by atoms with Crippen LogP contribution in [0.3, 0.4) is 0 Å². The number of nitrogens with zero attached hydrogens (tertiary/aromatic N) is 1. The van der Waals surface area contributed by atoms with Crippen molar-refractivity contribution >= 4 is 11.6 Å². The van der Waals surface area contributed by atoms with Crippen molar-refractivity contribution in [3.63, 3.8) is 0 Å². The molecule has 0 aromatic carbocycles. The monoisotopic (exact) mass is 219 g/mol. The number of carbonyl (C=O) groups excluding carboxylic acids is 1. The Bertz CT molecular complexity index is 355. The number of anilines is 1. The van der Waals surface area contributed by atoms with Crippen molar-refractivity contribution in [3.05, 3.63) is 24.0 Å². The molecule has 4 heteroatoms. The molecule has 2 rings (SSSR count). The van der Waals surface area contributed by atoms with Gasteiger partial charge in [-0.1, -0.05) is 0 Å². The zero-order chi connectivity index (χ0) is 11.4. The number of piperidine rings is 1. The van der Waals surface area contributed by atoms with Crippen LogP contribution >= 0.6 is 0 Å². The number of carbonyl (C=O) groups is 1. The van der Waals surface area contributed by atoms with E-state index >= 15 is 0 Å². The smallest absolute Gasteiger partial charge is 0.228 e. The average molecular weight is 219 g/mol. The number of nitrogens with one attached hydrogen (secondary N) is 2. The summed E-state index contributed by atoms with van der Waals surface area (Å²) in [5.41, 5.74) is 1.73. The van der Waals surface area contributed by atoms with Crippen LogP contribution < -0.4 is 10.6 Å². The minimum Gasteiger partial charge on any atom is -0.324 e. The lowest BCUT2D eigenvalue weighted by atomic mass is 9.99. The average Bonchev–Trinajstić information content (AvgIpc) is 2.33. The second-order valence-corrected chi connectivity index (χ2v) is 4.22. The van der Waals surface area contributed by atoms with Crippen LogP contribution in [0.4, 0.5) is 5.69 Å². The molecule has 0 bridgehead atoms. The molecule has 1 aromatic rings. The van der Waals surface area contributed by atoms with E-state index in [1.54, 1.807) is 6.20 Å². The summed E-state index contributed by atoms with van der Waals surface area (Å²) in [6.45, 7) is 3.73. The maximum atomic E-state index is 11.9. The Morgan fingerprint density at radius 3 is 3.06 bits per heavy atom. The molecular formula is C12H17N3O. The highest BCUT2D eigenvalue weighted by molar-refractivity contribution is 5.92. The van der Waals surface area contributed by atoms with E-state index in [-0.39, 0.29) is 11.8 Å².